The molecule has 3 aromatic rings. The summed E-state index contributed by atoms with van der Waals surface area (Å²) in [6.45, 7) is 1.87. The minimum atomic E-state index is 0.375. The average Bonchev–Trinajstić information content (AvgIpc) is 2.98. The van der Waals surface area contributed by atoms with Crippen LogP contribution in [0.1, 0.15) is 5.76 Å². The van der Waals surface area contributed by atoms with Crippen molar-refractivity contribution in [2.75, 3.05) is 5.73 Å². The molecule has 0 unspecified atom stereocenters. The van der Waals surface area contributed by atoms with Crippen molar-refractivity contribution in [2.24, 2.45) is 0 Å². The predicted molar refractivity (Wildman–Crippen MR) is 66.0 cm³/mol. The molecule has 90 valence electrons. The number of nitrogens with zero attached hydrogens (tertiary/aromatic N) is 4. The van der Waals surface area contributed by atoms with E-state index >= 15 is 0 Å². The van der Waals surface area contributed by atoms with E-state index in [1.165, 1.54) is 0 Å². The molecular formula is C12H11N5O. The van der Waals surface area contributed by atoms with E-state index in [4.69, 9.17) is 10.2 Å². The number of aromatic nitrogens is 4. The number of aryl methyl sites for hydroxylation is 1. The van der Waals surface area contributed by atoms with Crippen molar-refractivity contribution in [1.29, 1.82) is 0 Å². The van der Waals surface area contributed by atoms with E-state index in [-0.39, 0.29) is 0 Å². The lowest BCUT2D eigenvalue weighted by molar-refractivity contribution is 0.544. The molecule has 0 aliphatic carbocycles. The first kappa shape index (κ1) is 10.5. The number of nitrogens with two attached hydrogens (primary N) is 1. The average molecular weight is 241 g/mol. The maximum Gasteiger partial charge on any atom is 0.199 e. The van der Waals surface area contributed by atoms with E-state index in [0.717, 1.165) is 5.76 Å². The zero-order valence-electron chi connectivity index (χ0n) is 9.74. The molecule has 6 nitrogen and oxygen atoms in total. The number of furan rings is 1. The summed E-state index contributed by atoms with van der Waals surface area (Å²) in [6, 6.07) is 7.15. The predicted octanol–water partition coefficient (Wildman–Crippen LogP) is 1.81. The van der Waals surface area contributed by atoms with Crippen molar-refractivity contribution >= 4 is 5.82 Å². The summed E-state index contributed by atoms with van der Waals surface area (Å²) < 4.78 is 7.11. The van der Waals surface area contributed by atoms with Gasteiger partial charge in [0.2, 0.25) is 0 Å². The highest BCUT2D eigenvalue weighted by Gasteiger charge is 2.10. The van der Waals surface area contributed by atoms with Crippen molar-refractivity contribution in [3.63, 3.8) is 0 Å². The number of hydrogen-bond acceptors (Lipinski definition) is 5. The SMILES string of the molecule is Cc1ccc(-c2nc(N)cc(-n3cccn3)n2)o1. The van der Waals surface area contributed by atoms with Crippen molar-refractivity contribution in [3.8, 4) is 17.4 Å². The summed E-state index contributed by atoms with van der Waals surface area (Å²) in [7, 11) is 0. The molecule has 2 N–H and O–H groups in total. The Morgan fingerprint density at radius 2 is 2.17 bits per heavy atom. The Bertz CT molecular complexity index is 672. The molecule has 0 atom stereocenters. The molecule has 3 heterocycles. The smallest absolute Gasteiger partial charge is 0.199 e. The van der Waals surface area contributed by atoms with Gasteiger partial charge in [-0.25, -0.2) is 14.6 Å². The Morgan fingerprint density at radius 1 is 1.28 bits per heavy atom. The lowest BCUT2D eigenvalue weighted by atomic mass is 10.4. The standard InChI is InChI=1S/C12H11N5O/c1-8-3-4-9(18-8)12-15-10(13)7-11(16-12)17-6-2-5-14-17/h2-7H,1H3,(H2,13,15,16). The van der Waals surface area contributed by atoms with Gasteiger partial charge in [-0.15, -0.1) is 0 Å². The maximum atomic E-state index is 5.78. The van der Waals surface area contributed by atoms with Crippen LogP contribution in [-0.4, -0.2) is 19.7 Å². The second-order valence-corrected chi connectivity index (χ2v) is 3.84. The van der Waals surface area contributed by atoms with E-state index in [2.05, 4.69) is 15.1 Å². The number of rotatable bonds is 2. The third-order valence-electron chi connectivity index (χ3n) is 2.43. The Hall–Kier alpha value is -2.63. The number of nitrogen functional groups attached to an aromatic ring is 1. The van der Waals surface area contributed by atoms with E-state index in [1.807, 2.05) is 25.1 Å². The van der Waals surface area contributed by atoms with Gasteiger partial charge in [-0.05, 0) is 25.1 Å². The molecule has 0 radical (unpaired) electrons. The van der Waals surface area contributed by atoms with Crippen LogP contribution in [0.25, 0.3) is 17.4 Å². The quantitative estimate of drug-likeness (QED) is 0.739. The van der Waals surface area contributed by atoms with Gasteiger partial charge in [-0.2, -0.15) is 5.10 Å². The van der Waals surface area contributed by atoms with Crippen LogP contribution >= 0.6 is 0 Å². The van der Waals surface area contributed by atoms with E-state index in [0.29, 0.717) is 23.2 Å². The van der Waals surface area contributed by atoms with Crippen LogP contribution < -0.4 is 5.73 Å². The molecule has 0 amide bonds. The number of anilines is 1. The third kappa shape index (κ3) is 1.84. The van der Waals surface area contributed by atoms with Gasteiger partial charge in [0.15, 0.2) is 17.4 Å². The highest BCUT2D eigenvalue weighted by atomic mass is 16.3. The summed E-state index contributed by atoms with van der Waals surface area (Å²) in [6.07, 6.45) is 3.47. The lowest BCUT2D eigenvalue weighted by Gasteiger charge is -2.03. The van der Waals surface area contributed by atoms with Crippen molar-refractivity contribution in [2.45, 2.75) is 6.92 Å². The van der Waals surface area contributed by atoms with Crippen molar-refractivity contribution < 1.29 is 4.42 Å². The second-order valence-electron chi connectivity index (χ2n) is 3.84. The van der Waals surface area contributed by atoms with Crippen LogP contribution in [0.3, 0.4) is 0 Å². The summed E-state index contributed by atoms with van der Waals surface area (Å²) in [5.74, 6) is 2.83. The maximum absolute atomic E-state index is 5.78. The van der Waals surface area contributed by atoms with Crippen LogP contribution in [0.5, 0.6) is 0 Å². The monoisotopic (exact) mass is 241 g/mol. The first-order valence-corrected chi connectivity index (χ1v) is 5.44. The molecule has 0 aliphatic heterocycles. The largest absolute Gasteiger partial charge is 0.458 e. The van der Waals surface area contributed by atoms with E-state index < -0.39 is 0 Å². The van der Waals surface area contributed by atoms with Crippen LogP contribution in [0, 0.1) is 6.92 Å². The first-order valence-electron chi connectivity index (χ1n) is 5.44. The first-order chi connectivity index (χ1) is 8.72. The van der Waals surface area contributed by atoms with Crippen LogP contribution in [0.2, 0.25) is 0 Å². The van der Waals surface area contributed by atoms with E-state index in [1.54, 1.807) is 23.1 Å². The molecule has 0 bridgehead atoms. The van der Waals surface area contributed by atoms with Gasteiger partial charge in [0, 0.05) is 18.5 Å². The molecule has 0 saturated heterocycles. The second kappa shape index (κ2) is 3.99. The van der Waals surface area contributed by atoms with Crippen LogP contribution in [-0.2, 0) is 0 Å². The molecule has 0 aliphatic rings. The lowest BCUT2D eigenvalue weighted by Crippen LogP contribution is -2.03. The summed E-state index contributed by atoms with van der Waals surface area (Å²) in [5.41, 5.74) is 5.78. The Balaban J connectivity index is 2.11. The minimum absolute atomic E-state index is 0.375. The summed E-state index contributed by atoms with van der Waals surface area (Å²) in [4.78, 5) is 8.53. The zero-order valence-corrected chi connectivity index (χ0v) is 9.74. The highest BCUT2D eigenvalue weighted by molar-refractivity contribution is 5.52. The van der Waals surface area contributed by atoms with Gasteiger partial charge in [0.1, 0.15) is 11.6 Å². The summed E-state index contributed by atoms with van der Waals surface area (Å²) in [5, 5.41) is 4.11. The van der Waals surface area contributed by atoms with E-state index in [9.17, 15) is 0 Å². The molecule has 0 fully saturated rings. The van der Waals surface area contributed by atoms with Gasteiger partial charge in [-0.3, -0.25) is 0 Å². The molecule has 0 aromatic carbocycles. The third-order valence-corrected chi connectivity index (χ3v) is 2.43. The van der Waals surface area contributed by atoms with Gasteiger partial charge >= 0.3 is 0 Å². The summed E-state index contributed by atoms with van der Waals surface area (Å²) >= 11 is 0. The number of hydrogen-bond donors (Lipinski definition) is 1. The zero-order chi connectivity index (χ0) is 12.5. The Morgan fingerprint density at radius 3 is 2.83 bits per heavy atom. The molecule has 0 saturated carbocycles. The minimum Gasteiger partial charge on any atom is -0.458 e. The fourth-order valence-corrected chi connectivity index (χ4v) is 1.64. The van der Waals surface area contributed by atoms with Gasteiger partial charge in [-0.1, -0.05) is 0 Å². The highest BCUT2D eigenvalue weighted by Crippen LogP contribution is 2.20. The fraction of sp³-hybridized carbons (Fsp3) is 0.0833. The Kier molecular flexibility index (Phi) is 2.33. The molecular weight excluding hydrogens is 230 g/mol. The van der Waals surface area contributed by atoms with Crippen molar-refractivity contribution in [3.05, 3.63) is 42.4 Å². The van der Waals surface area contributed by atoms with Gasteiger partial charge < -0.3 is 10.2 Å². The van der Waals surface area contributed by atoms with Crippen molar-refractivity contribution in [1.82, 2.24) is 19.7 Å². The topological polar surface area (TPSA) is 82.8 Å². The molecule has 0 spiro atoms. The fourth-order valence-electron chi connectivity index (χ4n) is 1.64. The van der Waals surface area contributed by atoms with Crippen LogP contribution in [0.15, 0.2) is 41.1 Å². The molecule has 18 heavy (non-hydrogen) atoms. The van der Waals surface area contributed by atoms with Gasteiger partial charge in [0.05, 0.1) is 0 Å². The normalized spacial score (nSPS) is 10.7. The van der Waals surface area contributed by atoms with Gasteiger partial charge in [0.25, 0.3) is 0 Å². The molecule has 6 heteroatoms. The van der Waals surface area contributed by atoms with Crippen LogP contribution in [0.4, 0.5) is 5.82 Å². The Labute approximate surface area is 103 Å². The molecule has 3 rings (SSSR count). The molecule has 3 aromatic heterocycles.